The molecule has 2 aliphatic heterocycles. The third-order valence-electron chi connectivity index (χ3n) is 3.87. The summed E-state index contributed by atoms with van der Waals surface area (Å²) in [7, 11) is 2.13. The molecular formula is C11H20N2O2. The maximum Gasteiger partial charge on any atom is 0.326 e. The van der Waals surface area contributed by atoms with Crippen LogP contribution in [0.15, 0.2) is 0 Å². The first-order valence-electron chi connectivity index (χ1n) is 5.75. The molecule has 0 saturated carbocycles. The van der Waals surface area contributed by atoms with Crippen LogP contribution in [0.25, 0.3) is 0 Å². The number of hydrogen-bond donors (Lipinski definition) is 1. The quantitative estimate of drug-likeness (QED) is 0.677. The van der Waals surface area contributed by atoms with E-state index in [9.17, 15) is 4.79 Å². The largest absolute Gasteiger partial charge is 0.465 e. The summed E-state index contributed by atoms with van der Waals surface area (Å²) < 4.78 is 5.06. The van der Waals surface area contributed by atoms with Crippen molar-refractivity contribution >= 4 is 5.97 Å². The number of carbonyl (C=O) groups excluding carboxylic acids is 1. The lowest BCUT2D eigenvalue weighted by molar-refractivity contribution is -0.152. The summed E-state index contributed by atoms with van der Waals surface area (Å²) in [5.41, 5.74) is 5.44. The molecule has 0 aromatic heterocycles. The second kappa shape index (κ2) is 3.76. The summed E-state index contributed by atoms with van der Waals surface area (Å²) in [5.74, 6) is -0.213. The van der Waals surface area contributed by atoms with Gasteiger partial charge in [-0.05, 0) is 39.7 Å². The fourth-order valence-corrected chi connectivity index (χ4v) is 2.95. The monoisotopic (exact) mass is 212 g/mol. The van der Waals surface area contributed by atoms with E-state index in [1.54, 1.807) is 0 Å². The van der Waals surface area contributed by atoms with Crippen molar-refractivity contribution in [3.05, 3.63) is 0 Å². The van der Waals surface area contributed by atoms with Gasteiger partial charge in [0, 0.05) is 12.1 Å². The lowest BCUT2D eigenvalue weighted by atomic mass is 9.84. The normalized spacial score (nSPS) is 40.5. The average molecular weight is 212 g/mol. The molecular weight excluding hydrogens is 192 g/mol. The number of rotatable bonds is 2. The van der Waals surface area contributed by atoms with Crippen LogP contribution >= 0.6 is 0 Å². The van der Waals surface area contributed by atoms with Gasteiger partial charge in [-0.2, -0.15) is 0 Å². The Hall–Kier alpha value is -0.610. The minimum absolute atomic E-state index is 0.213. The molecule has 4 nitrogen and oxygen atoms in total. The molecule has 0 spiro atoms. The summed E-state index contributed by atoms with van der Waals surface area (Å²) in [6.45, 7) is 2.24. The minimum Gasteiger partial charge on any atom is -0.465 e. The zero-order chi connectivity index (χ0) is 11.1. The number of ether oxygens (including phenoxy) is 1. The fourth-order valence-electron chi connectivity index (χ4n) is 2.95. The number of nitrogens with zero attached hydrogens (tertiary/aromatic N) is 1. The molecule has 15 heavy (non-hydrogen) atoms. The molecule has 2 atom stereocenters. The Bertz CT molecular complexity index is 253. The number of hydrogen-bond acceptors (Lipinski definition) is 4. The minimum atomic E-state index is -0.728. The van der Waals surface area contributed by atoms with Crippen LogP contribution < -0.4 is 5.73 Å². The Labute approximate surface area is 90.8 Å². The lowest BCUT2D eigenvalue weighted by Gasteiger charge is -2.41. The number of carbonyl (C=O) groups is 1. The Balaban J connectivity index is 2.09. The van der Waals surface area contributed by atoms with Crippen LogP contribution in [0.2, 0.25) is 0 Å². The smallest absolute Gasteiger partial charge is 0.326 e. The molecule has 0 radical (unpaired) electrons. The van der Waals surface area contributed by atoms with E-state index in [2.05, 4.69) is 11.9 Å². The molecule has 4 heteroatoms. The molecule has 0 aromatic carbocycles. The first-order valence-corrected chi connectivity index (χ1v) is 5.75. The highest BCUT2D eigenvalue weighted by Crippen LogP contribution is 2.38. The van der Waals surface area contributed by atoms with E-state index in [0.29, 0.717) is 18.7 Å². The molecule has 0 aromatic rings. The summed E-state index contributed by atoms with van der Waals surface area (Å²) in [5, 5.41) is 0. The van der Waals surface area contributed by atoms with Crippen molar-refractivity contribution in [3.8, 4) is 0 Å². The third kappa shape index (κ3) is 1.76. The average Bonchev–Trinajstić information content (AvgIpc) is 2.43. The highest BCUT2D eigenvalue weighted by atomic mass is 16.5. The van der Waals surface area contributed by atoms with E-state index in [-0.39, 0.29) is 5.97 Å². The van der Waals surface area contributed by atoms with Crippen LogP contribution in [0.5, 0.6) is 0 Å². The summed E-state index contributed by atoms with van der Waals surface area (Å²) in [6.07, 6.45) is 3.83. The number of fused-ring (bicyclic) bond motifs is 2. The summed E-state index contributed by atoms with van der Waals surface area (Å²) >= 11 is 0. The molecule has 2 saturated heterocycles. The highest BCUT2D eigenvalue weighted by molar-refractivity contribution is 5.81. The molecule has 0 unspecified atom stereocenters. The molecule has 0 amide bonds. The molecule has 86 valence electrons. The Morgan fingerprint density at radius 2 is 2.00 bits per heavy atom. The Morgan fingerprint density at radius 3 is 2.47 bits per heavy atom. The fraction of sp³-hybridized carbons (Fsp3) is 0.909. The first kappa shape index (κ1) is 10.9. The van der Waals surface area contributed by atoms with Crippen molar-refractivity contribution in [1.82, 2.24) is 4.90 Å². The van der Waals surface area contributed by atoms with Gasteiger partial charge < -0.3 is 15.4 Å². The molecule has 2 rings (SSSR count). The standard InChI is InChI=1S/C11H20N2O2/c1-3-15-10(14)11(12)6-8-4-5-9(7-11)13(8)2/h8-9H,3-7,12H2,1-2H3/t8-,9-/m0/s1. The molecule has 2 fully saturated rings. The van der Waals surface area contributed by atoms with Crippen LogP contribution in [0.1, 0.15) is 32.6 Å². The van der Waals surface area contributed by atoms with Gasteiger partial charge in [-0.3, -0.25) is 4.79 Å². The second-order valence-corrected chi connectivity index (χ2v) is 4.84. The number of esters is 1. The van der Waals surface area contributed by atoms with E-state index in [4.69, 9.17) is 10.5 Å². The Morgan fingerprint density at radius 1 is 1.47 bits per heavy atom. The second-order valence-electron chi connectivity index (χ2n) is 4.84. The maximum absolute atomic E-state index is 11.8. The predicted molar refractivity (Wildman–Crippen MR) is 57.4 cm³/mol. The summed E-state index contributed by atoms with van der Waals surface area (Å²) in [6, 6.07) is 0.941. The SMILES string of the molecule is CCOC(=O)C1(N)C[C@@H]2CC[C@@H](C1)N2C. The maximum atomic E-state index is 11.8. The van der Waals surface area contributed by atoms with Gasteiger partial charge in [-0.25, -0.2) is 0 Å². The van der Waals surface area contributed by atoms with Crippen LogP contribution in [0, 0.1) is 0 Å². The van der Waals surface area contributed by atoms with Crippen LogP contribution in [-0.2, 0) is 9.53 Å². The topological polar surface area (TPSA) is 55.6 Å². The van der Waals surface area contributed by atoms with Gasteiger partial charge in [0.1, 0.15) is 5.54 Å². The van der Waals surface area contributed by atoms with Gasteiger partial charge in [0.25, 0.3) is 0 Å². The molecule has 2 bridgehead atoms. The van der Waals surface area contributed by atoms with E-state index in [0.717, 1.165) is 12.8 Å². The third-order valence-corrected chi connectivity index (χ3v) is 3.87. The zero-order valence-electron chi connectivity index (χ0n) is 9.53. The van der Waals surface area contributed by atoms with Crippen molar-refractivity contribution in [2.24, 2.45) is 5.73 Å². The number of piperidine rings is 1. The number of nitrogens with two attached hydrogens (primary N) is 1. The van der Waals surface area contributed by atoms with Crippen molar-refractivity contribution in [1.29, 1.82) is 0 Å². The van der Waals surface area contributed by atoms with Gasteiger partial charge in [0.05, 0.1) is 6.61 Å². The van der Waals surface area contributed by atoms with Crippen LogP contribution in [-0.4, -0.2) is 42.1 Å². The molecule has 2 aliphatic rings. The van der Waals surface area contributed by atoms with Gasteiger partial charge in [0.2, 0.25) is 0 Å². The van der Waals surface area contributed by atoms with E-state index >= 15 is 0 Å². The van der Waals surface area contributed by atoms with Crippen molar-refractivity contribution in [2.45, 2.75) is 50.2 Å². The molecule has 2 heterocycles. The lowest BCUT2D eigenvalue weighted by Crippen LogP contribution is -2.59. The van der Waals surface area contributed by atoms with Crippen molar-refractivity contribution < 1.29 is 9.53 Å². The van der Waals surface area contributed by atoms with Crippen molar-refractivity contribution in [2.75, 3.05) is 13.7 Å². The van der Waals surface area contributed by atoms with Gasteiger partial charge in [0.15, 0.2) is 0 Å². The van der Waals surface area contributed by atoms with E-state index in [1.807, 2.05) is 6.92 Å². The predicted octanol–water partition coefficient (Wildman–Crippen LogP) is 0.504. The van der Waals surface area contributed by atoms with Crippen LogP contribution in [0.4, 0.5) is 0 Å². The van der Waals surface area contributed by atoms with E-state index < -0.39 is 5.54 Å². The Kier molecular flexibility index (Phi) is 2.73. The van der Waals surface area contributed by atoms with Gasteiger partial charge in [-0.15, -0.1) is 0 Å². The van der Waals surface area contributed by atoms with Gasteiger partial charge in [-0.1, -0.05) is 0 Å². The highest BCUT2D eigenvalue weighted by Gasteiger charge is 2.49. The molecule has 2 N–H and O–H groups in total. The van der Waals surface area contributed by atoms with Crippen molar-refractivity contribution in [3.63, 3.8) is 0 Å². The zero-order valence-corrected chi connectivity index (χ0v) is 9.53. The van der Waals surface area contributed by atoms with Gasteiger partial charge >= 0.3 is 5.97 Å². The molecule has 0 aliphatic carbocycles. The van der Waals surface area contributed by atoms with E-state index in [1.165, 1.54) is 12.8 Å². The first-order chi connectivity index (χ1) is 7.07. The van der Waals surface area contributed by atoms with Crippen LogP contribution in [0.3, 0.4) is 0 Å². The summed E-state index contributed by atoms with van der Waals surface area (Å²) in [4.78, 5) is 14.1.